The molecule has 0 saturated heterocycles. The zero-order valence-electron chi connectivity index (χ0n) is 15.5. The van der Waals surface area contributed by atoms with E-state index >= 15 is 0 Å². The quantitative estimate of drug-likeness (QED) is 0.511. The molecule has 1 N–H and O–H groups in total. The summed E-state index contributed by atoms with van der Waals surface area (Å²) >= 11 is 0. The van der Waals surface area contributed by atoms with E-state index in [1.54, 1.807) is 13.2 Å². The number of methoxy groups -OCH3 is 1. The summed E-state index contributed by atoms with van der Waals surface area (Å²) in [4.78, 5) is 8.42. The third kappa shape index (κ3) is 3.93. The molecule has 4 nitrogen and oxygen atoms in total. The van der Waals surface area contributed by atoms with Crippen molar-refractivity contribution >= 4 is 16.7 Å². The van der Waals surface area contributed by atoms with Crippen LogP contribution in [0.3, 0.4) is 0 Å². The van der Waals surface area contributed by atoms with Gasteiger partial charge in [0, 0.05) is 11.9 Å². The molecule has 5 heteroatoms. The van der Waals surface area contributed by atoms with Crippen molar-refractivity contribution in [3.05, 3.63) is 84.4 Å². The smallest absolute Gasteiger partial charge is 0.137 e. The highest BCUT2D eigenvalue weighted by Gasteiger charge is 2.05. The van der Waals surface area contributed by atoms with Crippen LogP contribution in [0, 0.1) is 5.82 Å². The summed E-state index contributed by atoms with van der Waals surface area (Å²) in [5.41, 5.74) is 4.26. The average molecular weight is 373 g/mol. The summed E-state index contributed by atoms with van der Waals surface area (Å²) in [7, 11) is 1.67. The Hall–Kier alpha value is -3.47. The lowest BCUT2D eigenvalue weighted by Gasteiger charge is -2.09. The van der Waals surface area contributed by atoms with E-state index in [9.17, 15) is 4.39 Å². The number of fused-ring (bicyclic) bond motifs is 1. The Bertz CT molecular complexity index is 1080. The van der Waals surface area contributed by atoms with Gasteiger partial charge in [-0.2, -0.15) is 0 Å². The summed E-state index contributed by atoms with van der Waals surface area (Å²) in [5, 5.41) is 3.98. The zero-order valence-corrected chi connectivity index (χ0v) is 15.5. The summed E-state index contributed by atoms with van der Waals surface area (Å²) in [6.45, 7) is 0.699. The van der Waals surface area contributed by atoms with Crippen molar-refractivity contribution in [2.24, 2.45) is 0 Å². The first kappa shape index (κ1) is 17.9. The molecule has 140 valence electrons. The maximum Gasteiger partial charge on any atom is 0.137 e. The largest absolute Gasteiger partial charge is 0.497 e. The van der Waals surface area contributed by atoms with Crippen molar-refractivity contribution < 1.29 is 9.13 Å². The van der Waals surface area contributed by atoms with E-state index in [1.165, 1.54) is 24.0 Å². The van der Waals surface area contributed by atoms with Crippen molar-refractivity contribution in [2.45, 2.75) is 6.42 Å². The molecule has 1 heterocycles. The number of aromatic nitrogens is 2. The van der Waals surface area contributed by atoms with Crippen LogP contribution < -0.4 is 10.1 Å². The summed E-state index contributed by atoms with van der Waals surface area (Å²) in [6.07, 6.45) is 2.33. The van der Waals surface area contributed by atoms with Crippen molar-refractivity contribution in [1.82, 2.24) is 9.97 Å². The molecule has 0 aliphatic heterocycles. The molecular formula is C23H20FN3O. The number of hydrogen-bond donors (Lipinski definition) is 1. The fourth-order valence-corrected chi connectivity index (χ4v) is 3.14. The Morgan fingerprint density at radius 1 is 0.893 bits per heavy atom. The molecule has 0 aliphatic carbocycles. The second-order valence-corrected chi connectivity index (χ2v) is 6.49. The summed E-state index contributed by atoms with van der Waals surface area (Å²) < 4.78 is 18.7. The number of nitrogens with one attached hydrogen (secondary N) is 1. The predicted molar refractivity (Wildman–Crippen MR) is 110 cm³/mol. The topological polar surface area (TPSA) is 47.0 Å². The van der Waals surface area contributed by atoms with Gasteiger partial charge in [0.05, 0.1) is 12.6 Å². The number of hydrogen-bond acceptors (Lipinski definition) is 4. The number of anilines is 1. The van der Waals surface area contributed by atoms with E-state index < -0.39 is 0 Å². The maximum atomic E-state index is 13.5. The highest BCUT2D eigenvalue weighted by atomic mass is 19.1. The number of nitrogens with zero attached hydrogens (tertiary/aromatic N) is 2. The lowest BCUT2D eigenvalue weighted by atomic mass is 10.0. The van der Waals surface area contributed by atoms with Crippen LogP contribution in [0.4, 0.5) is 10.2 Å². The second-order valence-electron chi connectivity index (χ2n) is 6.49. The van der Waals surface area contributed by atoms with Gasteiger partial charge in [-0.15, -0.1) is 0 Å². The molecule has 0 unspecified atom stereocenters. The van der Waals surface area contributed by atoms with E-state index in [-0.39, 0.29) is 5.82 Å². The molecule has 0 saturated carbocycles. The Morgan fingerprint density at radius 3 is 2.32 bits per heavy atom. The Kier molecular flexibility index (Phi) is 5.15. The summed E-state index contributed by atoms with van der Waals surface area (Å²) in [6, 6.07) is 21.0. The monoisotopic (exact) mass is 373 g/mol. The minimum atomic E-state index is -0.292. The lowest BCUT2D eigenvalue weighted by Crippen LogP contribution is -2.07. The normalized spacial score (nSPS) is 10.8. The first-order chi connectivity index (χ1) is 13.7. The molecule has 4 rings (SSSR count). The highest BCUT2D eigenvalue weighted by molar-refractivity contribution is 5.88. The average Bonchev–Trinajstić information content (AvgIpc) is 2.74. The van der Waals surface area contributed by atoms with Crippen LogP contribution >= 0.6 is 0 Å². The van der Waals surface area contributed by atoms with Crippen LogP contribution in [-0.2, 0) is 6.42 Å². The maximum absolute atomic E-state index is 13.5. The van der Waals surface area contributed by atoms with Crippen LogP contribution in [0.15, 0.2) is 73.1 Å². The van der Waals surface area contributed by atoms with Gasteiger partial charge in [-0.1, -0.05) is 36.4 Å². The molecule has 28 heavy (non-hydrogen) atoms. The van der Waals surface area contributed by atoms with Gasteiger partial charge in [-0.05, 0) is 53.4 Å². The Morgan fingerprint density at radius 2 is 1.61 bits per heavy atom. The van der Waals surface area contributed by atoms with Crippen LogP contribution in [0.2, 0.25) is 0 Å². The van der Waals surface area contributed by atoms with Crippen LogP contribution in [0.1, 0.15) is 5.56 Å². The number of halogens is 1. The summed E-state index contributed by atoms with van der Waals surface area (Å²) in [5.74, 6) is 1.21. The molecule has 0 fully saturated rings. The third-order valence-electron chi connectivity index (χ3n) is 4.68. The van der Waals surface area contributed by atoms with Gasteiger partial charge < -0.3 is 10.1 Å². The minimum absolute atomic E-state index is 0.292. The van der Waals surface area contributed by atoms with Gasteiger partial charge >= 0.3 is 0 Å². The van der Waals surface area contributed by atoms with Gasteiger partial charge in [0.2, 0.25) is 0 Å². The van der Waals surface area contributed by atoms with Crippen LogP contribution in [0.5, 0.6) is 5.75 Å². The Labute approximate surface area is 163 Å². The van der Waals surface area contributed by atoms with Crippen molar-refractivity contribution in [1.29, 1.82) is 0 Å². The SMILES string of the molecule is COc1ccc(-c2ccc(CCNc3ncnc4ccc(F)cc34)cc2)cc1. The first-order valence-electron chi connectivity index (χ1n) is 9.10. The molecule has 0 amide bonds. The van der Waals surface area contributed by atoms with Gasteiger partial charge in [0.15, 0.2) is 0 Å². The van der Waals surface area contributed by atoms with E-state index in [1.807, 2.05) is 12.1 Å². The van der Waals surface area contributed by atoms with Gasteiger partial charge in [-0.25, -0.2) is 14.4 Å². The standard InChI is InChI=1S/C23H20FN3O/c1-28-20-9-6-18(7-10-20)17-4-2-16(3-5-17)12-13-25-23-21-14-19(24)8-11-22(21)26-15-27-23/h2-11,14-15H,12-13H2,1H3,(H,25,26,27). The number of ether oxygens (including phenoxy) is 1. The molecule has 0 atom stereocenters. The van der Waals surface area contributed by atoms with Crippen molar-refractivity contribution in [3.8, 4) is 16.9 Å². The third-order valence-corrected chi connectivity index (χ3v) is 4.68. The molecule has 0 radical (unpaired) electrons. The van der Waals surface area contributed by atoms with E-state index in [0.717, 1.165) is 28.8 Å². The molecule has 0 aliphatic rings. The van der Waals surface area contributed by atoms with Gasteiger partial charge in [-0.3, -0.25) is 0 Å². The fourth-order valence-electron chi connectivity index (χ4n) is 3.14. The lowest BCUT2D eigenvalue weighted by molar-refractivity contribution is 0.415. The van der Waals surface area contributed by atoms with E-state index in [2.05, 4.69) is 51.7 Å². The molecule has 0 spiro atoms. The highest BCUT2D eigenvalue weighted by Crippen LogP contribution is 2.23. The molecular weight excluding hydrogens is 353 g/mol. The first-order valence-corrected chi connectivity index (χ1v) is 9.10. The minimum Gasteiger partial charge on any atom is -0.497 e. The molecule has 1 aromatic heterocycles. The van der Waals surface area contributed by atoms with Crippen molar-refractivity contribution in [2.75, 3.05) is 19.0 Å². The van der Waals surface area contributed by atoms with Gasteiger partial charge in [0.1, 0.15) is 23.7 Å². The van der Waals surface area contributed by atoms with Crippen molar-refractivity contribution in [3.63, 3.8) is 0 Å². The molecule has 0 bridgehead atoms. The second kappa shape index (κ2) is 8.05. The van der Waals surface area contributed by atoms with E-state index in [4.69, 9.17) is 4.74 Å². The van der Waals surface area contributed by atoms with Crippen LogP contribution in [0.25, 0.3) is 22.0 Å². The predicted octanol–water partition coefficient (Wildman–Crippen LogP) is 5.10. The molecule has 3 aromatic carbocycles. The Balaban J connectivity index is 1.41. The van der Waals surface area contributed by atoms with Crippen LogP contribution in [-0.4, -0.2) is 23.6 Å². The molecule has 4 aromatic rings. The zero-order chi connectivity index (χ0) is 19.3. The fraction of sp³-hybridized carbons (Fsp3) is 0.130. The number of benzene rings is 3. The van der Waals surface area contributed by atoms with E-state index in [0.29, 0.717) is 17.7 Å². The number of rotatable bonds is 6. The van der Waals surface area contributed by atoms with Gasteiger partial charge in [0.25, 0.3) is 0 Å².